The molecule has 8 heteroatoms. The van der Waals surface area contributed by atoms with Gasteiger partial charge in [0.1, 0.15) is 0 Å². The van der Waals surface area contributed by atoms with Crippen LogP contribution >= 0.6 is 11.8 Å². The molecule has 1 aliphatic heterocycles. The first kappa shape index (κ1) is 24.2. The third kappa shape index (κ3) is 6.02. The first-order valence-corrected chi connectivity index (χ1v) is 13.0. The lowest BCUT2D eigenvalue weighted by molar-refractivity contribution is -0.113. The summed E-state index contributed by atoms with van der Waals surface area (Å²) in [4.78, 5) is 15.1. The summed E-state index contributed by atoms with van der Waals surface area (Å²) in [5.41, 5.74) is 5.13. The number of carbonyl (C=O) groups is 1. The molecule has 4 aromatic rings. The Bertz CT molecular complexity index is 1280. The van der Waals surface area contributed by atoms with Crippen molar-refractivity contribution >= 4 is 23.4 Å². The molecule has 0 saturated carbocycles. The fourth-order valence-corrected chi connectivity index (χ4v) is 4.85. The summed E-state index contributed by atoms with van der Waals surface area (Å²) in [5.74, 6) is 0.896. The number of rotatable bonds is 8. The third-order valence-electron chi connectivity index (χ3n) is 6.04. The van der Waals surface area contributed by atoms with Crippen molar-refractivity contribution in [2.24, 2.45) is 0 Å². The van der Waals surface area contributed by atoms with E-state index in [1.807, 2.05) is 59.2 Å². The van der Waals surface area contributed by atoms with Crippen molar-refractivity contribution in [1.82, 2.24) is 19.7 Å². The summed E-state index contributed by atoms with van der Waals surface area (Å²) >= 11 is 1.37. The summed E-state index contributed by atoms with van der Waals surface area (Å²) in [6.45, 7) is 6.44. The molecule has 1 amide bonds. The third-order valence-corrected chi connectivity index (χ3v) is 6.97. The highest BCUT2D eigenvalue weighted by Crippen LogP contribution is 2.28. The van der Waals surface area contributed by atoms with E-state index in [0.717, 1.165) is 55.6 Å². The van der Waals surface area contributed by atoms with Crippen LogP contribution in [0.15, 0.2) is 84.0 Å². The molecule has 0 unspecified atom stereocenters. The van der Waals surface area contributed by atoms with Crippen LogP contribution in [0.25, 0.3) is 17.1 Å². The highest BCUT2D eigenvalue weighted by molar-refractivity contribution is 7.99. The molecule has 184 valence electrons. The maximum Gasteiger partial charge on any atom is 0.234 e. The fourth-order valence-electron chi connectivity index (χ4n) is 4.10. The van der Waals surface area contributed by atoms with Crippen LogP contribution in [0, 0.1) is 6.92 Å². The summed E-state index contributed by atoms with van der Waals surface area (Å²) < 4.78 is 7.42. The second-order valence-corrected chi connectivity index (χ2v) is 9.71. The van der Waals surface area contributed by atoms with E-state index in [-0.39, 0.29) is 11.7 Å². The van der Waals surface area contributed by atoms with Gasteiger partial charge in [0.25, 0.3) is 0 Å². The Morgan fingerprint density at radius 3 is 2.39 bits per heavy atom. The molecule has 5 rings (SSSR count). The zero-order chi connectivity index (χ0) is 24.7. The molecular formula is C28H29N5O2S. The van der Waals surface area contributed by atoms with Crippen LogP contribution in [-0.4, -0.2) is 57.6 Å². The van der Waals surface area contributed by atoms with Gasteiger partial charge in [0.15, 0.2) is 11.0 Å². The van der Waals surface area contributed by atoms with Crippen molar-refractivity contribution < 1.29 is 9.53 Å². The number of anilines is 1. The van der Waals surface area contributed by atoms with E-state index in [9.17, 15) is 4.79 Å². The molecule has 2 heterocycles. The number of benzene rings is 3. The van der Waals surface area contributed by atoms with Crippen LogP contribution in [0.2, 0.25) is 0 Å². The number of aromatic nitrogens is 3. The number of hydrogen-bond donors (Lipinski definition) is 1. The van der Waals surface area contributed by atoms with E-state index in [2.05, 4.69) is 51.6 Å². The Morgan fingerprint density at radius 1 is 0.944 bits per heavy atom. The second-order valence-electron chi connectivity index (χ2n) is 8.77. The zero-order valence-electron chi connectivity index (χ0n) is 20.3. The number of ether oxygens (including phenoxy) is 1. The molecule has 0 aliphatic carbocycles. The summed E-state index contributed by atoms with van der Waals surface area (Å²) in [6, 6.07) is 26.2. The Labute approximate surface area is 215 Å². The maximum absolute atomic E-state index is 12.7. The average molecular weight is 500 g/mol. The minimum Gasteiger partial charge on any atom is -0.379 e. The number of hydrogen-bond acceptors (Lipinski definition) is 6. The predicted molar refractivity (Wildman–Crippen MR) is 143 cm³/mol. The molecule has 0 radical (unpaired) electrons. The van der Waals surface area contributed by atoms with Crippen molar-refractivity contribution in [1.29, 1.82) is 0 Å². The first-order chi connectivity index (χ1) is 17.7. The quantitative estimate of drug-likeness (QED) is 0.351. The van der Waals surface area contributed by atoms with Crippen molar-refractivity contribution in [2.75, 3.05) is 37.4 Å². The van der Waals surface area contributed by atoms with E-state index in [4.69, 9.17) is 4.74 Å². The lowest BCUT2D eigenvalue weighted by Gasteiger charge is -2.26. The van der Waals surface area contributed by atoms with Crippen molar-refractivity contribution in [3.8, 4) is 17.1 Å². The molecule has 1 fully saturated rings. The molecule has 7 nitrogen and oxygen atoms in total. The molecule has 0 atom stereocenters. The van der Waals surface area contributed by atoms with Gasteiger partial charge in [-0.15, -0.1) is 10.2 Å². The first-order valence-electron chi connectivity index (χ1n) is 12.1. The van der Waals surface area contributed by atoms with Crippen molar-refractivity contribution in [3.05, 3.63) is 90.0 Å². The van der Waals surface area contributed by atoms with Gasteiger partial charge in [-0.1, -0.05) is 71.9 Å². The highest BCUT2D eigenvalue weighted by Gasteiger charge is 2.17. The fraction of sp³-hybridized carbons (Fsp3) is 0.250. The number of aryl methyl sites for hydroxylation is 1. The Morgan fingerprint density at radius 2 is 1.67 bits per heavy atom. The highest BCUT2D eigenvalue weighted by atomic mass is 32.2. The normalized spacial score (nSPS) is 14.0. The minimum absolute atomic E-state index is 0.0827. The molecule has 1 saturated heterocycles. The lowest BCUT2D eigenvalue weighted by Crippen LogP contribution is -2.35. The second kappa shape index (κ2) is 11.5. The van der Waals surface area contributed by atoms with Gasteiger partial charge in [0.05, 0.1) is 19.0 Å². The van der Waals surface area contributed by atoms with Crippen LogP contribution < -0.4 is 5.32 Å². The van der Waals surface area contributed by atoms with Gasteiger partial charge in [-0.2, -0.15) is 0 Å². The van der Waals surface area contributed by atoms with Gasteiger partial charge in [0.2, 0.25) is 5.91 Å². The number of morpholine rings is 1. The van der Waals surface area contributed by atoms with E-state index < -0.39 is 0 Å². The van der Waals surface area contributed by atoms with Gasteiger partial charge in [0, 0.05) is 36.6 Å². The van der Waals surface area contributed by atoms with Crippen molar-refractivity contribution in [2.45, 2.75) is 18.6 Å². The molecule has 1 aliphatic rings. The van der Waals surface area contributed by atoms with Crippen molar-refractivity contribution in [3.63, 3.8) is 0 Å². The van der Waals surface area contributed by atoms with Crippen LogP contribution in [0.3, 0.4) is 0 Å². The number of amides is 1. The molecule has 36 heavy (non-hydrogen) atoms. The van der Waals surface area contributed by atoms with Crippen LogP contribution in [-0.2, 0) is 16.1 Å². The maximum atomic E-state index is 12.7. The van der Waals surface area contributed by atoms with E-state index in [1.165, 1.54) is 22.9 Å². The van der Waals surface area contributed by atoms with Gasteiger partial charge < -0.3 is 10.1 Å². The van der Waals surface area contributed by atoms with E-state index in [0.29, 0.717) is 5.16 Å². The van der Waals surface area contributed by atoms with Crippen LogP contribution in [0.5, 0.6) is 0 Å². The number of thioether (sulfide) groups is 1. The molecule has 1 N–H and O–H groups in total. The van der Waals surface area contributed by atoms with Gasteiger partial charge in [-0.25, -0.2) is 0 Å². The standard InChI is InChI=1S/C28H29N5O2S/c1-21-7-13-25(14-8-21)33-27(23-5-3-2-4-6-23)30-31-28(33)36-20-26(34)29-24-11-9-22(10-12-24)19-32-15-17-35-18-16-32/h2-14H,15-20H2,1H3,(H,29,34). The molecule has 1 aromatic heterocycles. The van der Waals surface area contributed by atoms with Gasteiger partial charge in [-0.3, -0.25) is 14.3 Å². The van der Waals surface area contributed by atoms with Crippen LogP contribution in [0.4, 0.5) is 5.69 Å². The van der Waals surface area contributed by atoms with E-state index >= 15 is 0 Å². The van der Waals surface area contributed by atoms with Gasteiger partial charge in [-0.05, 0) is 36.8 Å². The number of carbonyl (C=O) groups excluding carboxylic acids is 1. The largest absolute Gasteiger partial charge is 0.379 e. The Kier molecular flexibility index (Phi) is 7.76. The summed E-state index contributed by atoms with van der Waals surface area (Å²) in [6.07, 6.45) is 0. The Balaban J connectivity index is 1.25. The minimum atomic E-state index is -0.0827. The lowest BCUT2D eigenvalue weighted by atomic mass is 10.2. The molecular weight excluding hydrogens is 470 g/mol. The zero-order valence-corrected chi connectivity index (χ0v) is 21.1. The smallest absolute Gasteiger partial charge is 0.234 e. The van der Waals surface area contributed by atoms with Gasteiger partial charge >= 0.3 is 0 Å². The molecule has 3 aromatic carbocycles. The topological polar surface area (TPSA) is 72.3 Å². The number of nitrogens with zero attached hydrogens (tertiary/aromatic N) is 4. The SMILES string of the molecule is Cc1ccc(-n2c(SCC(=O)Nc3ccc(CN4CCOCC4)cc3)nnc2-c2ccccc2)cc1. The predicted octanol–water partition coefficient (Wildman–Crippen LogP) is 4.81. The van der Waals surface area contributed by atoms with E-state index in [1.54, 1.807) is 0 Å². The Hall–Kier alpha value is -3.46. The monoisotopic (exact) mass is 499 g/mol. The molecule has 0 bridgehead atoms. The van der Waals surface area contributed by atoms with Crippen LogP contribution in [0.1, 0.15) is 11.1 Å². The molecule has 0 spiro atoms. The average Bonchev–Trinajstić information content (AvgIpc) is 3.34. The summed E-state index contributed by atoms with van der Waals surface area (Å²) in [5, 5.41) is 12.5. The summed E-state index contributed by atoms with van der Waals surface area (Å²) in [7, 11) is 0. The number of nitrogens with one attached hydrogen (secondary N) is 1.